The van der Waals surface area contributed by atoms with Crippen molar-refractivity contribution in [3.63, 3.8) is 0 Å². The molecule has 0 amide bonds. The zero-order valence-electron chi connectivity index (χ0n) is 9.54. The molecule has 1 aromatic carbocycles. The molecule has 1 aromatic rings. The highest BCUT2D eigenvalue weighted by Gasteiger charge is 2.08. The van der Waals surface area contributed by atoms with Crippen LogP contribution in [0, 0.1) is 0 Å². The van der Waals surface area contributed by atoms with Crippen molar-refractivity contribution in [3.8, 4) is 0 Å². The van der Waals surface area contributed by atoms with E-state index in [0.717, 1.165) is 18.4 Å². The van der Waals surface area contributed by atoms with Gasteiger partial charge in [0.15, 0.2) is 0 Å². The number of rotatable bonds is 2. The molecule has 0 saturated heterocycles. The summed E-state index contributed by atoms with van der Waals surface area (Å²) in [5.74, 6) is -0.745. The normalized spacial score (nSPS) is 16.0. The summed E-state index contributed by atoms with van der Waals surface area (Å²) in [6, 6.07) is 6.18. The Kier molecular flexibility index (Phi) is 3.60. The summed E-state index contributed by atoms with van der Waals surface area (Å²) in [4.78, 5) is 10.7. The summed E-state index contributed by atoms with van der Waals surface area (Å²) in [5, 5.41) is 8.77. The number of hydrogen-bond donors (Lipinski definition) is 1. The number of hydrogen-bond acceptors (Lipinski definition) is 1. The van der Waals surface area contributed by atoms with Gasteiger partial charge < -0.3 is 5.11 Å². The van der Waals surface area contributed by atoms with Gasteiger partial charge in [0.2, 0.25) is 0 Å². The summed E-state index contributed by atoms with van der Waals surface area (Å²) in [7, 11) is 0. The van der Waals surface area contributed by atoms with Gasteiger partial charge in [-0.25, -0.2) is 0 Å². The van der Waals surface area contributed by atoms with Gasteiger partial charge in [0.25, 0.3) is 0 Å². The van der Waals surface area contributed by atoms with E-state index in [0.29, 0.717) is 0 Å². The van der Waals surface area contributed by atoms with Crippen LogP contribution < -0.4 is 0 Å². The third-order valence-electron chi connectivity index (χ3n) is 3.27. The Morgan fingerprint density at radius 1 is 1.06 bits per heavy atom. The first-order chi connectivity index (χ1) is 7.75. The monoisotopic (exact) mass is 218 g/mol. The number of carboxylic acids is 1. The number of fused-ring (bicyclic) bond motifs is 1. The number of carbonyl (C=O) groups is 1. The van der Waals surface area contributed by atoms with Crippen LogP contribution in [-0.2, 0) is 24.1 Å². The highest BCUT2D eigenvalue weighted by atomic mass is 16.4. The van der Waals surface area contributed by atoms with Crippen LogP contribution in [0.1, 0.15) is 42.4 Å². The zero-order chi connectivity index (χ0) is 11.4. The quantitative estimate of drug-likeness (QED) is 0.828. The molecule has 86 valence electrons. The van der Waals surface area contributed by atoms with Crippen molar-refractivity contribution >= 4 is 5.97 Å². The van der Waals surface area contributed by atoms with Gasteiger partial charge in [-0.3, -0.25) is 4.79 Å². The van der Waals surface area contributed by atoms with E-state index < -0.39 is 5.97 Å². The minimum Gasteiger partial charge on any atom is -0.481 e. The highest BCUT2D eigenvalue weighted by molar-refractivity contribution is 5.70. The molecule has 0 atom stereocenters. The van der Waals surface area contributed by atoms with Crippen molar-refractivity contribution < 1.29 is 9.90 Å². The molecule has 0 bridgehead atoms. The predicted molar refractivity (Wildman–Crippen MR) is 63.7 cm³/mol. The maximum atomic E-state index is 10.7. The second-order valence-electron chi connectivity index (χ2n) is 4.59. The number of carboxylic acid groups (broad SMARTS) is 1. The van der Waals surface area contributed by atoms with Gasteiger partial charge in [-0.15, -0.1) is 0 Å². The van der Waals surface area contributed by atoms with Gasteiger partial charge >= 0.3 is 5.97 Å². The van der Waals surface area contributed by atoms with Crippen molar-refractivity contribution in [2.24, 2.45) is 0 Å². The second-order valence-corrected chi connectivity index (χ2v) is 4.59. The minimum absolute atomic E-state index is 0.146. The molecule has 2 heteroatoms. The molecule has 1 aliphatic rings. The molecule has 0 unspecified atom stereocenters. The average Bonchev–Trinajstić information content (AvgIpc) is 2.19. The largest absolute Gasteiger partial charge is 0.481 e. The van der Waals surface area contributed by atoms with Crippen molar-refractivity contribution in [3.05, 3.63) is 34.9 Å². The van der Waals surface area contributed by atoms with E-state index in [1.807, 2.05) is 6.07 Å². The molecule has 0 fully saturated rings. The van der Waals surface area contributed by atoms with Crippen molar-refractivity contribution in [2.45, 2.75) is 44.9 Å². The van der Waals surface area contributed by atoms with Crippen LogP contribution in [0.2, 0.25) is 0 Å². The molecule has 0 radical (unpaired) electrons. The van der Waals surface area contributed by atoms with Crippen LogP contribution in [0.15, 0.2) is 18.2 Å². The second kappa shape index (κ2) is 5.15. The van der Waals surface area contributed by atoms with E-state index in [2.05, 4.69) is 12.1 Å². The van der Waals surface area contributed by atoms with E-state index in [-0.39, 0.29) is 6.42 Å². The lowest BCUT2D eigenvalue weighted by Gasteiger charge is -2.14. The topological polar surface area (TPSA) is 37.3 Å². The van der Waals surface area contributed by atoms with Crippen LogP contribution in [0.25, 0.3) is 0 Å². The Balaban J connectivity index is 2.21. The van der Waals surface area contributed by atoms with E-state index in [9.17, 15) is 4.79 Å². The molecular formula is C14H18O2. The van der Waals surface area contributed by atoms with Gasteiger partial charge in [0.1, 0.15) is 0 Å². The highest BCUT2D eigenvalue weighted by Crippen LogP contribution is 2.21. The van der Waals surface area contributed by atoms with Gasteiger partial charge in [0.05, 0.1) is 6.42 Å². The van der Waals surface area contributed by atoms with Crippen LogP contribution in [0.3, 0.4) is 0 Å². The van der Waals surface area contributed by atoms with Crippen molar-refractivity contribution in [2.75, 3.05) is 0 Å². The van der Waals surface area contributed by atoms with Gasteiger partial charge in [-0.2, -0.15) is 0 Å². The minimum atomic E-state index is -0.745. The third-order valence-corrected chi connectivity index (χ3v) is 3.27. The maximum Gasteiger partial charge on any atom is 0.307 e. The smallest absolute Gasteiger partial charge is 0.307 e. The van der Waals surface area contributed by atoms with Crippen molar-refractivity contribution in [1.29, 1.82) is 0 Å². The predicted octanol–water partition coefficient (Wildman–Crippen LogP) is 2.97. The first-order valence-corrected chi connectivity index (χ1v) is 6.08. The molecule has 0 aliphatic heterocycles. The molecule has 16 heavy (non-hydrogen) atoms. The summed E-state index contributed by atoms with van der Waals surface area (Å²) < 4.78 is 0. The Morgan fingerprint density at radius 2 is 1.75 bits per heavy atom. The third kappa shape index (κ3) is 2.84. The Morgan fingerprint density at radius 3 is 2.44 bits per heavy atom. The molecule has 1 N–H and O–H groups in total. The van der Waals surface area contributed by atoms with Crippen LogP contribution in [0.5, 0.6) is 0 Å². The Labute approximate surface area is 96.3 Å². The summed E-state index contributed by atoms with van der Waals surface area (Å²) >= 11 is 0. The molecule has 0 spiro atoms. The number of aryl methyl sites for hydroxylation is 2. The SMILES string of the molecule is O=C(O)Cc1ccc2c(c1)CCCCCC2. The molecule has 0 saturated carbocycles. The van der Waals surface area contributed by atoms with Gasteiger partial charge in [-0.1, -0.05) is 31.0 Å². The molecule has 1 aliphatic carbocycles. The average molecular weight is 218 g/mol. The van der Waals surface area contributed by atoms with Crippen molar-refractivity contribution in [1.82, 2.24) is 0 Å². The standard InChI is InChI=1S/C14H18O2/c15-14(16)10-11-7-8-12-5-3-1-2-4-6-13(12)9-11/h7-9H,1-6,10H2,(H,15,16). The lowest BCUT2D eigenvalue weighted by molar-refractivity contribution is -0.136. The molecular weight excluding hydrogens is 200 g/mol. The van der Waals surface area contributed by atoms with E-state index >= 15 is 0 Å². The lowest BCUT2D eigenvalue weighted by atomic mass is 9.91. The van der Waals surface area contributed by atoms with E-state index in [4.69, 9.17) is 5.11 Å². The molecule has 2 rings (SSSR count). The molecule has 2 nitrogen and oxygen atoms in total. The zero-order valence-corrected chi connectivity index (χ0v) is 9.54. The molecule has 0 heterocycles. The van der Waals surface area contributed by atoms with E-state index in [1.165, 1.54) is 36.8 Å². The summed E-state index contributed by atoms with van der Waals surface area (Å²) in [6.45, 7) is 0. The van der Waals surface area contributed by atoms with E-state index in [1.54, 1.807) is 0 Å². The summed E-state index contributed by atoms with van der Waals surface area (Å²) in [6.07, 6.45) is 7.56. The van der Waals surface area contributed by atoms with Crippen LogP contribution >= 0.6 is 0 Å². The van der Waals surface area contributed by atoms with Gasteiger partial charge in [-0.05, 0) is 42.4 Å². The lowest BCUT2D eigenvalue weighted by Crippen LogP contribution is -2.04. The molecule has 0 aromatic heterocycles. The fourth-order valence-electron chi connectivity index (χ4n) is 2.42. The Bertz CT molecular complexity index is 382. The fraction of sp³-hybridized carbons (Fsp3) is 0.500. The van der Waals surface area contributed by atoms with Crippen LogP contribution in [-0.4, -0.2) is 11.1 Å². The van der Waals surface area contributed by atoms with Crippen LogP contribution in [0.4, 0.5) is 0 Å². The number of aliphatic carboxylic acids is 1. The number of benzene rings is 1. The first-order valence-electron chi connectivity index (χ1n) is 6.08. The van der Waals surface area contributed by atoms with Gasteiger partial charge in [0, 0.05) is 0 Å². The maximum absolute atomic E-state index is 10.7. The first kappa shape index (κ1) is 11.2. The Hall–Kier alpha value is -1.31. The summed E-state index contributed by atoms with van der Waals surface area (Å²) in [5.41, 5.74) is 3.74. The fourth-order valence-corrected chi connectivity index (χ4v) is 2.42.